The van der Waals surface area contributed by atoms with Crippen molar-refractivity contribution in [1.82, 2.24) is 24.2 Å². The summed E-state index contributed by atoms with van der Waals surface area (Å²) >= 11 is 0. The molecule has 0 bridgehead atoms. The van der Waals surface area contributed by atoms with Crippen LogP contribution in [0.4, 0.5) is 0 Å². The van der Waals surface area contributed by atoms with E-state index in [0.29, 0.717) is 12.6 Å². The monoisotopic (exact) mass is 369 g/mol. The van der Waals surface area contributed by atoms with Crippen molar-refractivity contribution in [1.29, 1.82) is 0 Å². The van der Waals surface area contributed by atoms with E-state index in [1.807, 2.05) is 6.07 Å². The molecule has 2 aromatic rings. The summed E-state index contributed by atoms with van der Waals surface area (Å²) in [4.78, 5) is 19.7. The highest BCUT2D eigenvalue weighted by atomic mass is 16.1. The van der Waals surface area contributed by atoms with E-state index >= 15 is 0 Å². The van der Waals surface area contributed by atoms with Crippen LogP contribution in [0.15, 0.2) is 23.1 Å². The molecule has 1 saturated heterocycles. The van der Waals surface area contributed by atoms with Gasteiger partial charge in [-0.25, -0.2) is 9.67 Å². The molecule has 0 saturated carbocycles. The second-order valence-electron chi connectivity index (χ2n) is 9.05. The predicted octanol–water partition coefficient (Wildman–Crippen LogP) is 2.74. The Morgan fingerprint density at radius 2 is 2.00 bits per heavy atom. The van der Waals surface area contributed by atoms with Gasteiger partial charge in [-0.2, -0.15) is 5.10 Å². The van der Waals surface area contributed by atoms with Crippen molar-refractivity contribution in [3.63, 3.8) is 0 Å². The standard InChI is InChI=1S/C21H31N5O/c1-21(2,3)18-9-10-20(27)26(23-18)15-17-7-6-12-24(17)13-16-14-25-11-5-4-8-19(25)22-16/h9-10,14,17H,4-8,11-13,15H2,1-3H3. The number of hydrogen-bond acceptors (Lipinski definition) is 4. The summed E-state index contributed by atoms with van der Waals surface area (Å²) in [6.07, 6.45) is 8.12. The van der Waals surface area contributed by atoms with Crippen LogP contribution < -0.4 is 5.56 Å². The Balaban J connectivity index is 1.49. The Labute approximate surface area is 161 Å². The van der Waals surface area contributed by atoms with Crippen LogP contribution in [0.2, 0.25) is 0 Å². The summed E-state index contributed by atoms with van der Waals surface area (Å²) in [5.74, 6) is 1.24. The third-order valence-corrected chi connectivity index (χ3v) is 5.84. The van der Waals surface area contributed by atoms with Gasteiger partial charge in [-0.3, -0.25) is 9.69 Å². The molecule has 0 aromatic carbocycles. The number of hydrogen-bond donors (Lipinski definition) is 0. The van der Waals surface area contributed by atoms with E-state index in [0.717, 1.165) is 38.2 Å². The average Bonchev–Trinajstić information content (AvgIpc) is 3.22. The van der Waals surface area contributed by atoms with Gasteiger partial charge in [0.05, 0.1) is 17.9 Å². The van der Waals surface area contributed by atoms with Crippen LogP contribution in [0.1, 0.15) is 63.7 Å². The molecule has 2 aliphatic rings. The molecule has 6 heteroatoms. The van der Waals surface area contributed by atoms with Gasteiger partial charge in [0.1, 0.15) is 5.82 Å². The van der Waals surface area contributed by atoms with Crippen LogP contribution in [0.5, 0.6) is 0 Å². The quantitative estimate of drug-likeness (QED) is 0.832. The molecule has 4 rings (SSSR count). The summed E-state index contributed by atoms with van der Waals surface area (Å²) in [5.41, 5.74) is 2.07. The lowest BCUT2D eigenvalue weighted by Crippen LogP contribution is -2.37. The van der Waals surface area contributed by atoms with E-state index in [2.05, 4.69) is 41.5 Å². The zero-order valence-corrected chi connectivity index (χ0v) is 16.8. The van der Waals surface area contributed by atoms with Gasteiger partial charge in [0.25, 0.3) is 5.56 Å². The highest BCUT2D eigenvalue weighted by molar-refractivity contribution is 5.11. The molecular weight excluding hydrogens is 338 g/mol. The third kappa shape index (κ3) is 4.00. The average molecular weight is 370 g/mol. The molecule has 4 heterocycles. The van der Waals surface area contributed by atoms with E-state index in [4.69, 9.17) is 4.98 Å². The lowest BCUT2D eigenvalue weighted by Gasteiger charge is -2.25. The highest BCUT2D eigenvalue weighted by Gasteiger charge is 2.27. The molecule has 0 aliphatic carbocycles. The molecule has 2 aromatic heterocycles. The van der Waals surface area contributed by atoms with Crippen molar-refractivity contribution >= 4 is 0 Å². The van der Waals surface area contributed by atoms with Gasteiger partial charge >= 0.3 is 0 Å². The van der Waals surface area contributed by atoms with Crippen molar-refractivity contribution < 1.29 is 0 Å². The van der Waals surface area contributed by atoms with E-state index in [1.54, 1.807) is 10.7 Å². The van der Waals surface area contributed by atoms with Gasteiger partial charge in [-0.15, -0.1) is 0 Å². The van der Waals surface area contributed by atoms with Gasteiger partial charge < -0.3 is 4.57 Å². The predicted molar refractivity (Wildman–Crippen MR) is 106 cm³/mol. The van der Waals surface area contributed by atoms with Crippen molar-refractivity contribution in [2.75, 3.05) is 6.54 Å². The maximum Gasteiger partial charge on any atom is 0.266 e. The second-order valence-corrected chi connectivity index (χ2v) is 9.05. The lowest BCUT2D eigenvalue weighted by atomic mass is 9.92. The van der Waals surface area contributed by atoms with E-state index < -0.39 is 0 Å². The summed E-state index contributed by atoms with van der Waals surface area (Å²) < 4.78 is 3.99. The maximum atomic E-state index is 12.4. The Hall–Kier alpha value is -1.95. The first-order valence-corrected chi connectivity index (χ1v) is 10.3. The van der Waals surface area contributed by atoms with Crippen LogP contribution >= 0.6 is 0 Å². The molecule has 146 valence electrons. The molecule has 27 heavy (non-hydrogen) atoms. The van der Waals surface area contributed by atoms with Crippen molar-refractivity contribution in [3.05, 3.63) is 45.9 Å². The molecule has 1 fully saturated rings. The van der Waals surface area contributed by atoms with Crippen LogP contribution in [0.3, 0.4) is 0 Å². The molecule has 0 radical (unpaired) electrons. The van der Waals surface area contributed by atoms with Crippen LogP contribution in [0.25, 0.3) is 0 Å². The minimum absolute atomic E-state index is 0.00712. The number of aromatic nitrogens is 4. The minimum atomic E-state index is -0.0552. The van der Waals surface area contributed by atoms with Crippen molar-refractivity contribution in [2.24, 2.45) is 0 Å². The fraction of sp³-hybridized carbons (Fsp3) is 0.667. The fourth-order valence-electron chi connectivity index (χ4n) is 4.25. The molecule has 1 unspecified atom stereocenters. The normalized spacial score (nSPS) is 20.8. The van der Waals surface area contributed by atoms with Crippen LogP contribution in [-0.4, -0.2) is 36.8 Å². The summed E-state index contributed by atoms with van der Waals surface area (Å²) in [6, 6.07) is 3.88. The number of rotatable bonds is 4. The lowest BCUT2D eigenvalue weighted by molar-refractivity contribution is 0.213. The summed E-state index contributed by atoms with van der Waals surface area (Å²) in [6.45, 7) is 10.1. The Morgan fingerprint density at radius 3 is 2.78 bits per heavy atom. The van der Waals surface area contributed by atoms with Crippen molar-refractivity contribution in [2.45, 2.75) is 84.0 Å². The number of fused-ring (bicyclic) bond motifs is 1. The smallest absolute Gasteiger partial charge is 0.266 e. The first kappa shape index (κ1) is 18.4. The third-order valence-electron chi connectivity index (χ3n) is 5.84. The van der Waals surface area contributed by atoms with Crippen LogP contribution in [-0.2, 0) is 31.5 Å². The minimum Gasteiger partial charge on any atom is -0.335 e. The van der Waals surface area contributed by atoms with Gasteiger partial charge in [0, 0.05) is 43.2 Å². The number of nitrogens with zero attached hydrogens (tertiary/aromatic N) is 5. The summed E-state index contributed by atoms with van der Waals surface area (Å²) in [5, 5.41) is 4.66. The molecule has 2 aliphatic heterocycles. The first-order valence-electron chi connectivity index (χ1n) is 10.3. The van der Waals surface area contributed by atoms with Gasteiger partial charge in [0.2, 0.25) is 0 Å². The number of likely N-dealkylation sites (tertiary alicyclic amines) is 1. The second kappa shape index (κ2) is 7.23. The number of aryl methyl sites for hydroxylation is 2. The van der Waals surface area contributed by atoms with Gasteiger partial charge in [-0.05, 0) is 38.3 Å². The first-order chi connectivity index (χ1) is 12.9. The molecule has 0 amide bonds. The van der Waals surface area contributed by atoms with Gasteiger partial charge in [-0.1, -0.05) is 20.8 Å². The van der Waals surface area contributed by atoms with Gasteiger partial charge in [0.15, 0.2) is 0 Å². The Kier molecular flexibility index (Phi) is 4.93. The molecule has 6 nitrogen and oxygen atoms in total. The maximum absolute atomic E-state index is 12.4. The molecule has 1 atom stereocenters. The molecular formula is C21H31N5O. The number of imidazole rings is 1. The van der Waals surface area contributed by atoms with Crippen LogP contribution in [0, 0.1) is 0 Å². The van der Waals surface area contributed by atoms with E-state index in [9.17, 15) is 4.79 Å². The zero-order chi connectivity index (χ0) is 19.0. The largest absolute Gasteiger partial charge is 0.335 e. The summed E-state index contributed by atoms with van der Waals surface area (Å²) in [7, 11) is 0. The molecule has 0 N–H and O–H groups in total. The van der Waals surface area contributed by atoms with E-state index in [1.165, 1.54) is 30.8 Å². The fourth-order valence-corrected chi connectivity index (χ4v) is 4.25. The highest BCUT2D eigenvalue weighted by Crippen LogP contribution is 2.23. The van der Waals surface area contributed by atoms with E-state index in [-0.39, 0.29) is 11.0 Å². The topological polar surface area (TPSA) is 56.0 Å². The Morgan fingerprint density at radius 1 is 1.15 bits per heavy atom. The van der Waals surface area contributed by atoms with Crippen molar-refractivity contribution in [3.8, 4) is 0 Å². The SMILES string of the molecule is CC(C)(C)c1ccc(=O)n(CC2CCCN2Cc2cn3c(n2)CCCC3)n1. The Bertz CT molecular complexity index is 837. The zero-order valence-electron chi connectivity index (χ0n) is 16.8. The molecule has 0 spiro atoms.